The van der Waals surface area contributed by atoms with E-state index < -0.39 is 25.3 Å². The van der Waals surface area contributed by atoms with Crippen LogP contribution < -0.4 is 15.6 Å². The van der Waals surface area contributed by atoms with Crippen LogP contribution in [0, 0.1) is 0 Å². The van der Waals surface area contributed by atoms with Gasteiger partial charge in [0.1, 0.15) is 12.7 Å². The van der Waals surface area contributed by atoms with Crippen LogP contribution in [-0.2, 0) is 20.0 Å². The van der Waals surface area contributed by atoms with Crippen LogP contribution in [0.2, 0.25) is 0 Å². The lowest BCUT2D eigenvalue weighted by atomic mass is 10.4. The molecule has 2 fully saturated rings. The number of primary sulfonamides is 2. The molecule has 0 saturated carbocycles. The van der Waals surface area contributed by atoms with Crippen LogP contribution in [0.25, 0.3) is 0 Å². The summed E-state index contributed by atoms with van der Waals surface area (Å²) in [5.74, 6) is 0. The van der Waals surface area contributed by atoms with Crippen molar-refractivity contribution in [2.45, 2.75) is 43.6 Å². The molecule has 4 rings (SSSR count). The zero-order valence-corrected chi connectivity index (χ0v) is 23.8. The van der Waals surface area contributed by atoms with Crippen molar-refractivity contribution >= 4 is 32.1 Å². The Bertz CT molecular complexity index is 1140. The Balaban J connectivity index is 0.000000276. The van der Waals surface area contributed by atoms with E-state index >= 15 is 0 Å². The van der Waals surface area contributed by atoms with Gasteiger partial charge in [-0.2, -0.15) is 0 Å². The van der Waals surface area contributed by atoms with Gasteiger partial charge in [0.2, 0.25) is 20.0 Å². The van der Waals surface area contributed by atoms with E-state index in [0.717, 1.165) is 6.54 Å². The Labute approximate surface area is 224 Å². The number of hydrogen-bond donors (Lipinski definition) is 3. The summed E-state index contributed by atoms with van der Waals surface area (Å²) in [5.41, 5.74) is 0. The molecule has 2 aliphatic rings. The van der Waals surface area contributed by atoms with Crippen LogP contribution in [0.3, 0.4) is 0 Å². The average molecular weight is 578 g/mol. The second-order valence-corrected chi connectivity index (χ2v) is 12.4. The first-order valence-electron chi connectivity index (χ1n) is 11.9. The van der Waals surface area contributed by atoms with Gasteiger partial charge in [0.15, 0.2) is 0 Å². The normalized spacial score (nSPS) is 18.7. The Hall–Kier alpha value is -2.86. The van der Waals surface area contributed by atoms with E-state index in [1.54, 1.807) is 38.9 Å². The lowest BCUT2D eigenvalue weighted by Crippen LogP contribution is -2.39. The average Bonchev–Trinajstić information content (AvgIpc) is 3.67. The largest absolute Gasteiger partial charge is 0.338 e. The summed E-state index contributed by atoms with van der Waals surface area (Å²) in [6, 6.07) is -0.360. The van der Waals surface area contributed by atoms with Crippen LogP contribution in [0.15, 0.2) is 37.4 Å². The molecule has 2 aromatic heterocycles. The Kier molecular flexibility index (Phi) is 13.6. The number of sulfonamides is 2. The van der Waals surface area contributed by atoms with Crippen LogP contribution in [0.4, 0.5) is 9.59 Å². The van der Waals surface area contributed by atoms with Crippen LogP contribution in [0.5, 0.6) is 0 Å². The fourth-order valence-electron chi connectivity index (χ4n) is 3.24. The van der Waals surface area contributed by atoms with Gasteiger partial charge >= 0.3 is 12.1 Å². The Morgan fingerprint density at radius 1 is 0.947 bits per heavy atom. The van der Waals surface area contributed by atoms with Gasteiger partial charge in [-0.15, -0.1) is 0 Å². The van der Waals surface area contributed by atoms with Crippen molar-refractivity contribution in [2.24, 2.45) is 10.3 Å². The van der Waals surface area contributed by atoms with E-state index in [1.165, 1.54) is 38.0 Å². The highest BCUT2D eigenvalue weighted by molar-refractivity contribution is 7.90. The van der Waals surface area contributed by atoms with E-state index in [-0.39, 0.29) is 23.9 Å². The SMILES string of the molecule is CCC.CN(C)C(=O)N1CCC(S(N)(=O)=O)C1.NS(=O)(=O)C1CCNC1.O=C(n1ccnc1)n1ccnc1. The van der Waals surface area contributed by atoms with Crippen molar-refractivity contribution in [3.63, 3.8) is 0 Å². The fourth-order valence-corrected chi connectivity index (χ4v) is 4.86. The number of nitrogens with zero attached hydrogens (tertiary/aromatic N) is 6. The predicted octanol–water partition coefficient (Wildman–Crippen LogP) is -0.320. The van der Waals surface area contributed by atoms with Gasteiger partial charge < -0.3 is 15.1 Å². The third-order valence-corrected chi connectivity index (χ3v) is 7.84. The van der Waals surface area contributed by atoms with E-state index in [4.69, 9.17) is 10.3 Å². The van der Waals surface area contributed by atoms with Crippen molar-refractivity contribution in [3.8, 4) is 0 Å². The standard InChI is InChI=1S/C7H6N4O.C7H15N3O3S.C4H10N2O2S.C3H8/c12-7(10-3-1-8-5-10)11-4-2-9-6-11;1-9(2)7(11)10-4-3-6(5-10)14(8,12)13;5-9(7,8)4-1-2-6-3-4;1-3-2/h1-6H;6H,3-5H2,1-2H3,(H2,8,12,13);4,6H,1-3H2,(H2,5,7,8);3H2,1-2H3. The highest BCUT2D eigenvalue weighted by Gasteiger charge is 2.33. The van der Waals surface area contributed by atoms with E-state index in [0.29, 0.717) is 25.9 Å². The zero-order valence-electron chi connectivity index (χ0n) is 22.2. The number of likely N-dealkylation sites (tertiary alicyclic amines) is 1. The smallest absolute Gasteiger partial charge is 0.331 e. The number of hydrogen-bond acceptors (Lipinski definition) is 9. The number of nitrogens with one attached hydrogen (secondary N) is 1. The van der Waals surface area contributed by atoms with Gasteiger partial charge in [-0.05, 0) is 19.4 Å². The molecule has 2 aromatic rings. The minimum atomic E-state index is -3.51. The molecule has 38 heavy (non-hydrogen) atoms. The first-order valence-corrected chi connectivity index (χ1v) is 15.1. The number of amides is 2. The summed E-state index contributed by atoms with van der Waals surface area (Å²) in [6.07, 6.45) is 11.5. The van der Waals surface area contributed by atoms with Crippen LogP contribution in [0.1, 0.15) is 33.1 Å². The van der Waals surface area contributed by atoms with Crippen LogP contribution in [-0.4, -0.2) is 109 Å². The molecule has 2 aliphatic heterocycles. The monoisotopic (exact) mass is 577 g/mol. The third-order valence-electron chi connectivity index (χ3n) is 5.19. The van der Waals surface area contributed by atoms with Gasteiger partial charge in [0.25, 0.3) is 0 Å². The zero-order chi connectivity index (χ0) is 28.9. The van der Waals surface area contributed by atoms with Gasteiger partial charge in [-0.1, -0.05) is 20.3 Å². The first kappa shape index (κ1) is 33.2. The van der Waals surface area contributed by atoms with Crippen molar-refractivity contribution in [3.05, 3.63) is 37.4 Å². The van der Waals surface area contributed by atoms with Gasteiger partial charge in [-0.3, -0.25) is 9.13 Å². The Morgan fingerprint density at radius 3 is 1.74 bits per heavy atom. The van der Waals surface area contributed by atoms with Gasteiger partial charge in [0.05, 0.1) is 10.5 Å². The molecule has 5 N–H and O–H groups in total. The summed E-state index contributed by atoms with van der Waals surface area (Å²) < 4.78 is 45.9. The minimum Gasteiger partial charge on any atom is -0.331 e. The second-order valence-electron chi connectivity index (χ2n) is 8.76. The molecule has 0 aromatic carbocycles. The minimum absolute atomic E-state index is 0.170. The molecule has 2 atom stereocenters. The number of rotatable bonds is 2. The van der Waals surface area contributed by atoms with E-state index in [1.807, 2.05) is 0 Å². The molecule has 0 radical (unpaired) electrons. The lowest BCUT2D eigenvalue weighted by Gasteiger charge is -2.20. The summed E-state index contributed by atoms with van der Waals surface area (Å²) >= 11 is 0. The topological polar surface area (TPSA) is 209 Å². The molecule has 0 bridgehead atoms. The first-order chi connectivity index (χ1) is 17.7. The number of urea groups is 1. The maximum absolute atomic E-state index is 11.4. The van der Waals surface area contributed by atoms with E-state index in [2.05, 4.69) is 29.1 Å². The molecule has 216 valence electrons. The third kappa shape index (κ3) is 11.3. The molecular weight excluding hydrogens is 538 g/mol. The molecule has 0 spiro atoms. The summed E-state index contributed by atoms with van der Waals surface area (Å²) in [5, 5.41) is 11.8. The number of aromatic nitrogens is 4. The molecule has 2 unspecified atom stereocenters. The van der Waals surface area contributed by atoms with Crippen LogP contribution >= 0.6 is 0 Å². The summed E-state index contributed by atoms with van der Waals surface area (Å²) in [4.78, 5) is 33.3. The molecule has 15 nitrogen and oxygen atoms in total. The molecule has 2 saturated heterocycles. The van der Waals surface area contributed by atoms with Crippen molar-refractivity contribution in [2.75, 3.05) is 40.3 Å². The molecule has 2 amide bonds. The maximum Gasteiger partial charge on any atom is 0.338 e. The van der Waals surface area contributed by atoms with Crippen molar-refractivity contribution in [1.82, 2.24) is 34.2 Å². The molecular formula is C21H39N9O6S2. The van der Waals surface area contributed by atoms with Crippen molar-refractivity contribution < 1.29 is 26.4 Å². The highest BCUT2D eigenvalue weighted by Crippen LogP contribution is 2.15. The highest BCUT2D eigenvalue weighted by atomic mass is 32.2. The summed E-state index contributed by atoms with van der Waals surface area (Å²) in [6.45, 7) is 6.19. The maximum atomic E-state index is 11.4. The second kappa shape index (κ2) is 15.5. The van der Waals surface area contributed by atoms with E-state index in [9.17, 15) is 26.4 Å². The number of imidazole rings is 2. The predicted molar refractivity (Wildman–Crippen MR) is 143 cm³/mol. The van der Waals surface area contributed by atoms with Gasteiger partial charge in [0, 0.05) is 58.5 Å². The lowest BCUT2D eigenvalue weighted by molar-refractivity contribution is 0.182. The number of nitrogens with two attached hydrogens (primary N) is 2. The number of carbonyl (C=O) groups is 2. The summed E-state index contributed by atoms with van der Waals surface area (Å²) in [7, 11) is -3.51. The fraction of sp³-hybridized carbons (Fsp3) is 0.619. The molecule has 0 aliphatic carbocycles. The number of carbonyl (C=O) groups excluding carboxylic acids is 2. The molecule has 4 heterocycles. The van der Waals surface area contributed by atoms with Gasteiger partial charge in [-0.25, -0.2) is 46.7 Å². The quantitative estimate of drug-likeness (QED) is 0.426. The Morgan fingerprint density at radius 2 is 1.45 bits per heavy atom. The van der Waals surface area contributed by atoms with Crippen molar-refractivity contribution in [1.29, 1.82) is 0 Å². The molecule has 17 heteroatoms.